The van der Waals surface area contributed by atoms with E-state index in [-0.39, 0.29) is 16.1 Å². The molecular weight excluding hydrogens is 291 g/mol. The fraction of sp³-hybridized carbons (Fsp3) is 0.0769. The third kappa shape index (κ3) is 2.93. The number of nitrogen functional groups attached to an aromatic ring is 1. The first kappa shape index (κ1) is 14.4. The van der Waals surface area contributed by atoms with Crippen LogP contribution in [0.15, 0.2) is 41.3 Å². The van der Waals surface area contributed by atoms with E-state index in [1.165, 1.54) is 0 Å². The lowest BCUT2D eigenvalue weighted by Gasteiger charge is -2.08. The number of halogens is 3. The van der Waals surface area contributed by atoms with Gasteiger partial charge in [0.2, 0.25) is 0 Å². The normalized spacial score (nSPS) is 11.6. The van der Waals surface area contributed by atoms with Gasteiger partial charge in [-0.1, -0.05) is 6.07 Å². The van der Waals surface area contributed by atoms with E-state index in [2.05, 4.69) is 0 Å². The highest BCUT2D eigenvalue weighted by atomic mass is 32.2. The van der Waals surface area contributed by atoms with E-state index < -0.39 is 33.0 Å². The number of nitrogens with two attached hydrogens (primary N) is 1. The molecule has 0 spiro atoms. The first-order valence-electron chi connectivity index (χ1n) is 5.51. The minimum Gasteiger partial charge on any atom is -0.398 e. The van der Waals surface area contributed by atoms with Crippen molar-refractivity contribution in [2.24, 2.45) is 0 Å². The molecule has 0 aliphatic heterocycles. The van der Waals surface area contributed by atoms with Gasteiger partial charge in [-0.05, 0) is 35.9 Å². The van der Waals surface area contributed by atoms with Crippen molar-refractivity contribution >= 4 is 15.5 Å². The number of hydrogen-bond donors (Lipinski definition) is 1. The topological polar surface area (TPSA) is 60.2 Å². The molecule has 0 atom stereocenters. The Balaban J connectivity index is 2.40. The SMILES string of the molecule is Nc1ccc(F)cc1S(=O)(=O)Cc1ccc(F)c(F)c1. The molecule has 2 N–H and O–H groups in total. The van der Waals surface area contributed by atoms with Crippen LogP contribution >= 0.6 is 0 Å². The van der Waals surface area contributed by atoms with E-state index in [0.29, 0.717) is 0 Å². The lowest BCUT2D eigenvalue weighted by molar-refractivity contribution is 0.507. The van der Waals surface area contributed by atoms with Gasteiger partial charge < -0.3 is 5.73 Å². The fourth-order valence-corrected chi connectivity index (χ4v) is 3.20. The first-order valence-corrected chi connectivity index (χ1v) is 7.16. The second-order valence-corrected chi connectivity index (χ2v) is 6.15. The average molecular weight is 301 g/mol. The maximum absolute atomic E-state index is 13.1. The highest BCUT2D eigenvalue weighted by Crippen LogP contribution is 2.24. The molecule has 0 aliphatic rings. The molecule has 0 unspecified atom stereocenters. The molecule has 2 rings (SSSR count). The van der Waals surface area contributed by atoms with Crippen LogP contribution in [0.25, 0.3) is 0 Å². The Morgan fingerprint density at radius 1 is 0.950 bits per heavy atom. The van der Waals surface area contributed by atoms with E-state index in [1.54, 1.807) is 0 Å². The Labute approximate surface area is 113 Å². The zero-order valence-electron chi connectivity index (χ0n) is 10.1. The summed E-state index contributed by atoms with van der Waals surface area (Å²) in [4.78, 5) is -0.373. The monoisotopic (exact) mass is 301 g/mol. The summed E-state index contributed by atoms with van der Waals surface area (Å²) in [6.45, 7) is 0. The van der Waals surface area contributed by atoms with Crippen LogP contribution in [-0.4, -0.2) is 8.42 Å². The Hall–Kier alpha value is -2.02. The summed E-state index contributed by atoms with van der Waals surface area (Å²) in [7, 11) is -3.95. The molecule has 20 heavy (non-hydrogen) atoms. The minimum atomic E-state index is -3.95. The molecule has 0 saturated heterocycles. The van der Waals surface area contributed by atoms with Crippen LogP contribution in [0.5, 0.6) is 0 Å². The summed E-state index contributed by atoms with van der Waals surface area (Å²) in [6.07, 6.45) is 0. The van der Waals surface area contributed by atoms with Gasteiger partial charge in [0.15, 0.2) is 21.5 Å². The molecule has 0 heterocycles. The molecule has 0 aromatic heterocycles. The number of anilines is 1. The van der Waals surface area contributed by atoms with E-state index in [4.69, 9.17) is 5.73 Å². The Bertz CT molecular complexity index is 760. The van der Waals surface area contributed by atoms with Gasteiger partial charge in [0.25, 0.3) is 0 Å². The number of sulfone groups is 1. The van der Waals surface area contributed by atoms with Crippen molar-refractivity contribution in [1.82, 2.24) is 0 Å². The Kier molecular flexibility index (Phi) is 3.71. The largest absolute Gasteiger partial charge is 0.398 e. The standard InChI is InChI=1S/C13H10F3NO2S/c14-9-2-4-12(17)13(6-9)20(18,19)7-8-1-3-10(15)11(16)5-8/h1-6H,7,17H2. The summed E-state index contributed by atoms with van der Waals surface area (Å²) >= 11 is 0. The van der Waals surface area contributed by atoms with E-state index in [0.717, 1.165) is 36.4 Å². The fourth-order valence-electron chi connectivity index (χ4n) is 1.70. The Morgan fingerprint density at radius 3 is 2.30 bits per heavy atom. The smallest absolute Gasteiger partial charge is 0.184 e. The van der Waals surface area contributed by atoms with Crippen molar-refractivity contribution in [2.75, 3.05) is 5.73 Å². The lowest BCUT2D eigenvalue weighted by atomic mass is 10.2. The van der Waals surface area contributed by atoms with E-state index in [1.807, 2.05) is 0 Å². The van der Waals surface area contributed by atoms with Gasteiger partial charge in [0.1, 0.15) is 5.82 Å². The molecule has 0 aliphatic carbocycles. The van der Waals surface area contributed by atoms with Crippen molar-refractivity contribution in [3.8, 4) is 0 Å². The maximum atomic E-state index is 13.1. The van der Waals surface area contributed by atoms with Crippen LogP contribution in [0.3, 0.4) is 0 Å². The van der Waals surface area contributed by atoms with E-state index in [9.17, 15) is 21.6 Å². The van der Waals surface area contributed by atoms with Gasteiger partial charge in [0, 0.05) is 0 Å². The predicted octanol–water partition coefficient (Wildman–Crippen LogP) is 2.66. The summed E-state index contributed by atoms with van der Waals surface area (Å²) in [6, 6.07) is 5.72. The predicted molar refractivity (Wildman–Crippen MR) is 68.1 cm³/mol. The summed E-state index contributed by atoms with van der Waals surface area (Å²) in [5.74, 6) is -3.57. The van der Waals surface area contributed by atoms with Crippen LogP contribution in [0.2, 0.25) is 0 Å². The van der Waals surface area contributed by atoms with Gasteiger partial charge in [-0.15, -0.1) is 0 Å². The number of benzene rings is 2. The van der Waals surface area contributed by atoms with Crippen LogP contribution in [0, 0.1) is 17.5 Å². The molecule has 2 aromatic carbocycles. The molecule has 0 saturated carbocycles. The van der Waals surface area contributed by atoms with Gasteiger partial charge >= 0.3 is 0 Å². The van der Waals surface area contributed by atoms with Crippen molar-refractivity contribution in [2.45, 2.75) is 10.6 Å². The molecule has 0 radical (unpaired) electrons. The second kappa shape index (κ2) is 5.16. The van der Waals surface area contributed by atoms with E-state index >= 15 is 0 Å². The molecule has 7 heteroatoms. The Morgan fingerprint density at radius 2 is 1.65 bits per heavy atom. The van der Waals surface area contributed by atoms with Crippen molar-refractivity contribution in [1.29, 1.82) is 0 Å². The quantitative estimate of drug-likeness (QED) is 0.887. The molecule has 106 valence electrons. The van der Waals surface area contributed by atoms with Gasteiger partial charge in [-0.25, -0.2) is 21.6 Å². The highest BCUT2D eigenvalue weighted by molar-refractivity contribution is 7.90. The molecular formula is C13H10F3NO2S. The van der Waals surface area contributed by atoms with Crippen LogP contribution in [-0.2, 0) is 15.6 Å². The summed E-state index contributed by atoms with van der Waals surface area (Å²) in [5.41, 5.74) is 5.45. The third-order valence-corrected chi connectivity index (χ3v) is 4.39. The maximum Gasteiger partial charge on any atom is 0.184 e. The van der Waals surface area contributed by atoms with Crippen LogP contribution < -0.4 is 5.73 Å². The third-order valence-electron chi connectivity index (χ3n) is 2.65. The van der Waals surface area contributed by atoms with Crippen molar-refractivity contribution in [3.63, 3.8) is 0 Å². The summed E-state index contributed by atoms with van der Waals surface area (Å²) in [5, 5.41) is 0. The van der Waals surface area contributed by atoms with Crippen LogP contribution in [0.1, 0.15) is 5.56 Å². The van der Waals surface area contributed by atoms with Gasteiger partial charge in [-0.2, -0.15) is 0 Å². The number of hydrogen-bond acceptors (Lipinski definition) is 3. The van der Waals surface area contributed by atoms with Gasteiger partial charge in [-0.3, -0.25) is 0 Å². The zero-order chi connectivity index (χ0) is 14.9. The minimum absolute atomic E-state index is 0.0487. The average Bonchev–Trinajstić information content (AvgIpc) is 2.36. The molecule has 3 nitrogen and oxygen atoms in total. The van der Waals surface area contributed by atoms with Crippen LogP contribution in [0.4, 0.5) is 18.9 Å². The van der Waals surface area contributed by atoms with Crippen molar-refractivity contribution < 1.29 is 21.6 Å². The zero-order valence-corrected chi connectivity index (χ0v) is 10.9. The van der Waals surface area contributed by atoms with Gasteiger partial charge in [0.05, 0.1) is 16.3 Å². The molecule has 0 bridgehead atoms. The molecule has 2 aromatic rings. The summed E-state index contributed by atoms with van der Waals surface area (Å²) < 4.78 is 63.1. The first-order chi connectivity index (χ1) is 9.29. The molecule has 0 amide bonds. The highest BCUT2D eigenvalue weighted by Gasteiger charge is 2.20. The second-order valence-electron chi connectivity index (χ2n) is 4.19. The molecule has 0 fully saturated rings. The van der Waals surface area contributed by atoms with Crippen molar-refractivity contribution in [3.05, 3.63) is 59.4 Å². The lowest BCUT2D eigenvalue weighted by Crippen LogP contribution is -2.09. The number of rotatable bonds is 3.